The largest absolute Gasteiger partial charge is 0.416 e. The molecule has 2 aromatic rings. The third kappa shape index (κ3) is 5.76. The highest BCUT2D eigenvalue weighted by Crippen LogP contribution is 2.49. The molecule has 1 saturated heterocycles. The van der Waals surface area contributed by atoms with E-state index >= 15 is 0 Å². The van der Waals surface area contributed by atoms with Gasteiger partial charge in [-0.1, -0.05) is 47.5 Å². The molecule has 1 aliphatic carbocycles. The lowest BCUT2D eigenvalue weighted by Crippen LogP contribution is -2.56. The Kier molecular flexibility index (Phi) is 7.36. The Labute approximate surface area is 212 Å². The summed E-state index contributed by atoms with van der Waals surface area (Å²) >= 11 is 12.3. The Morgan fingerprint density at radius 1 is 1.06 bits per heavy atom. The molecule has 1 aliphatic heterocycles. The number of halogens is 5. The van der Waals surface area contributed by atoms with Crippen molar-refractivity contribution in [3.63, 3.8) is 0 Å². The SMILES string of the molecule is CN1CCN(C(=O)C(Cc2ccc(Cl)cc2Cl)NC(=O)C2(c3cccc(C(F)(F)F)c3)CC2)CC1. The molecule has 0 bridgehead atoms. The van der Waals surface area contributed by atoms with Gasteiger partial charge < -0.3 is 15.1 Å². The van der Waals surface area contributed by atoms with Crippen molar-refractivity contribution in [1.82, 2.24) is 15.1 Å². The molecule has 0 radical (unpaired) electrons. The van der Waals surface area contributed by atoms with Crippen molar-refractivity contribution in [3.8, 4) is 0 Å². The lowest BCUT2D eigenvalue weighted by atomic mass is 9.92. The van der Waals surface area contributed by atoms with E-state index in [9.17, 15) is 22.8 Å². The van der Waals surface area contributed by atoms with Crippen molar-refractivity contribution in [2.24, 2.45) is 0 Å². The van der Waals surface area contributed by atoms with Crippen LogP contribution < -0.4 is 5.32 Å². The number of hydrogen-bond donors (Lipinski definition) is 1. The third-order valence-electron chi connectivity index (χ3n) is 6.78. The zero-order valence-corrected chi connectivity index (χ0v) is 20.7. The summed E-state index contributed by atoms with van der Waals surface area (Å²) in [6.45, 7) is 2.47. The molecule has 10 heteroatoms. The molecule has 1 unspecified atom stereocenters. The number of nitrogens with zero attached hydrogens (tertiary/aromatic N) is 2. The smallest absolute Gasteiger partial charge is 0.343 e. The van der Waals surface area contributed by atoms with Crippen molar-refractivity contribution in [2.75, 3.05) is 33.2 Å². The monoisotopic (exact) mass is 527 g/mol. The average Bonchev–Trinajstić information content (AvgIpc) is 3.62. The standard InChI is InChI=1S/C25H26Cl2F3N3O2/c1-32-9-11-33(12-10-32)22(34)21(13-16-5-6-19(26)15-20(16)27)31-23(35)24(7-8-24)17-3-2-4-18(14-17)25(28,29)30/h2-6,14-15,21H,7-13H2,1H3,(H,31,35). The molecule has 1 N–H and O–H groups in total. The first-order chi connectivity index (χ1) is 16.5. The van der Waals surface area contributed by atoms with Gasteiger partial charge in [0, 0.05) is 42.6 Å². The van der Waals surface area contributed by atoms with Crippen LogP contribution in [-0.2, 0) is 27.6 Å². The average molecular weight is 528 g/mol. The van der Waals surface area contributed by atoms with Crippen LogP contribution in [0.5, 0.6) is 0 Å². The topological polar surface area (TPSA) is 52.6 Å². The summed E-state index contributed by atoms with van der Waals surface area (Å²) in [4.78, 5) is 30.7. The maximum atomic E-state index is 13.5. The van der Waals surface area contributed by atoms with E-state index in [0.717, 1.165) is 12.1 Å². The van der Waals surface area contributed by atoms with Gasteiger partial charge in [-0.05, 0) is 49.2 Å². The number of nitrogens with one attached hydrogen (secondary N) is 1. The Balaban J connectivity index is 1.58. The van der Waals surface area contributed by atoms with E-state index < -0.39 is 29.1 Å². The van der Waals surface area contributed by atoms with Gasteiger partial charge in [0.25, 0.3) is 0 Å². The van der Waals surface area contributed by atoms with Gasteiger partial charge in [-0.25, -0.2) is 0 Å². The second kappa shape index (κ2) is 9.99. The molecule has 1 saturated carbocycles. The van der Waals surface area contributed by atoms with E-state index in [1.165, 1.54) is 12.1 Å². The van der Waals surface area contributed by atoms with Gasteiger partial charge in [-0.2, -0.15) is 13.2 Å². The molecular formula is C25H26Cl2F3N3O2. The van der Waals surface area contributed by atoms with E-state index in [2.05, 4.69) is 10.2 Å². The maximum Gasteiger partial charge on any atom is 0.416 e. The molecule has 0 aromatic heterocycles. The van der Waals surface area contributed by atoms with E-state index in [0.29, 0.717) is 60.2 Å². The summed E-state index contributed by atoms with van der Waals surface area (Å²) in [5.41, 5.74) is -0.925. The minimum absolute atomic E-state index is 0.144. The van der Waals surface area contributed by atoms with Gasteiger partial charge in [0.15, 0.2) is 0 Å². The summed E-state index contributed by atoms with van der Waals surface area (Å²) in [5.74, 6) is -0.688. The molecule has 4 rings (SSSR count). The Bertz CT molecular complexity index is 1110. The molecular weight excluding hydrogens is 502 g/mol. The summed E-state index contributed by atoms with van der Waals surface area (Å²) in [6, 6.07) is 8.89. The summed E-state index contributed by atoms with van der Waals surface area (Å²) < 4.78 is 39.8. The van der Waals surface area contributed by atoms with E-state index in [4.69, 9.17) is 23.2 Å². The fraction of sp³-hybridized carbons (Fsp3) is 0.440. The number of hydrogen-bond acceptors (Lipinski definition) is 3. The van der Waals surface area contributed by atoms with Crippen LogP contribution in [0.4, 0.5) is 13.2 Å². The number of alkyl halides is 3. The van der Waals surface area contributed by atoms with Crippen LogP contribution in [0.1, 0.15) is 29.5 Å². The number of amides is 2. The van der Waals surface area contributed by atoms with Gasteiger partial charge in [0.2, 0.25) is 11.8 Å². The van der Waals surface area contributed by atoms with Crippen molar-refractivity contribution in [2.45, 2.75) is 36.9 Å². The number of likely N-dealkylation sites (N-methyl/N-ethyl adjacent to an activating group) is 1. The van der Waals surface area contributed by atoms with E-state index in [1.54, 1.807) is 23.1 Å². The van der Waals surface area contributed by atoms with Crippen LogP contribution in [0.25, 0.3) is 0 Å². The quantitative estimate of drug-likeness (QED) is 0.599. The van der Waals surface area contributed by atoms with Crippen LogP contribution in [0.15, 0.2) is 42.5 Å². The zero-order chi connectivity index (χ0) is 25.4. The fourth-order valence-electron chi connectivity index (χ4n) is 4.42. The highest BCUT2D eigenvalue weighted by molar-refractivity contribution is 6.35. The second-order valence-corrected chi connectivity index (χ2v) is 10.1. The summed E-state index contributed by atoms with van der Waals surface area (Å²) in [6.07, 6.45) is -3.53. The zero-order valence-electron chi connectivity index (χ0n) is 19.2. The molecule has 1 heterocycles. The van der Waals surface area contributed by atoms with Gasteiger partial charge in [-0.15, -0.1) is 0 Å². The van der Waals surface area contributed by atoms with E-state index in [-0.39, 0.29) is 12.3 Å². The fourth-order valence-corrected chi connectivity index (χ4v) is 4.90. The lowest BCUT2D eigenvalue weighted by molar-refractivity contribution is -0.138. The summed E-state index contributed by atoms with van der Waals surface area (Å²) in [5, 5.41) is 3.69. The lowest BCUT2D eigenvalue weighted by Gasteiger charge is -2.35. The molecule has 2 aliphatic rings. The molecule has 2 fully saturated rings. The van der Waals surface area contributed by atoms with Crippen molar-refractivity contribution in [3.05, 3.63) is 69.2 Å². The van der Waals surface area contributed by atoms with Crippen LogP contribution in [-0.4, -0.2) is 60.9 Å². The van der Waals surface area contributed by atoms with Crippen molar-refractivity contribution in [1.29, 1.82) is 0 Å². The minimum atomic E-state index is -4.51. The van der Waals surface area contributed by atoms with Gasteiger partial charge in [-0.3, -0.25) is 9.59 Å². The highest BCUT2D eigenvalue weighted by Gasteiger charge is 2.52. The molecule has 2 amide bonds. The van der Waals surface area contributed by atoms with Crippen LogP contribution in [0.2, 0.25) is 10.0 Å². The van der Waals surface area contributed by atoms with Gasteiger partial charge >= 0.3 is 6.18 Å². The summed E-state index contributed by atoms with van der Waals surface area (Å²) in [7, 11) is 1.97. The Hall–Kier alpha value is -2.29. The number of carbonyl (C=O) groups excluding carboxylic acids is 2. The second-order valence-electron chi connectivity index (χ2n) is 9.26. The third-order valence-corrected chi connectivity index (χ3v) is 7.37. The maximum absolute atomic E-state index is 13.5. The molecule has 1 atom stereocenters. The predicted molar refractivity (Wildman–Crippen MR) is 129 cm³/mol. The Morgan fingerprint density at radius 3 is 2.34 bits per heavy atom. The van der Waals surface area contributed by atoms with Crippen LogP contribution in [0, 0.1) is 0 Å². The molecule has 5 nitrogen and oxygen atoms in total. The first-order valence-corrected chi connectivity index (χ1v) is 12.2. The number of piperazine rings is 1. The number of carbonyl (C=O) groups is 2. The molecule has 2 aromatic carbocycles. The number of rotatable bonds is 6. The van der Waals surface area contributed by atoms with Crippen LogP contribution in [0.3, 0.4) is 0 Å². The molecule has 35 heavy (non-hydrogen) atoms. The normalized spacial score (nSPS) is 18.7. The van der Waals surface area contributed by atoms with Crippen molar-refractivity contribution >= 4 is 35.0 Å². The molecule has 0 spiro atoms. The number of benzene rings is 2. The minimum Gasteiger partial charge on any atom is -0.343 e. The first kappa shape index (κ1) is 25.8. The predicted octanol–water partition coefficient (Wildman–Crippen LogP) is 4.55. The van der Waals surface area contributed by atoms with Crippen molar-refractivity contribution < 1.29 is 22.8 Å². The highest BCUT2D eigenvalue weighted by atomic mass is 35.5. The van der Waals surface area contributed by atoms with Crippen LogP contribution >= 0.6 is 23.2 Å². The first-order valence-electron chi connectivity index (χ1n) is 11.4. The van der Waals surface area contributed by atoms with E-state index in [1.807, 2.05) is 7.05 Å². The Morgan fingerprint density at radius 2 is 1.74 bits per heavy atom. The van der Waals surface area contributed by atoms with Gasteiger partial charge in [0.1, 0.15) is 6.04 Å². The molecule has 188 valence electrons. The van der Waals surface area contributed by atoms with Gasteiger partial charge in [0.05, 0.1) is 11.0 Å².